The maximum Gasteiger partial charge on any atom is 0.234 e. The fourth-order valence-corrected chi connectivity index (χ4v) is 4.93. The molecule has 1 aromatic rings. The van der Waals surface area contributed by atoms with Crippen LogP contribution in [0.15, 0.2) is 36.4 Å². The van der Waals surface area contributed by atoms with E-state index in [9.17, 15) is 14.4 Å². The summed E-state index contributed by atoms with van der Waals surface area (Å²) < 4.78 is 0. The molecule has 2 fully saturated rings. The number of imide groups is 1. The van der Waals surface area contributed by atoms with Gasteiger partial charge in [-0.3, -0.25) is 19.3 Å². The number of nitrogens with zero attached hydrogens (tertiary/aromatic N) is 2. The van der Waals surface area contributed by atoms with Gasteiger partial charge in [-0.05, 0) is 29.9 Å². The molecule has 6 heteroatoms. The molecule has 5 nitrogen and oxygen atoms in total. The van der Waals surface area contributed by atoms with Gasteiger partial charge in [0.25, 0.3) is 0 Å². The van der Waals surface area contributed by atoms with Crippen LogP contribution in [0.4, 0.5) is 0 Å². The van der Waals surface area contributed by atoms with Gasteiger partial charge in [0, 0.05) is 19.1 Å². The molecule has 136 valence electrons. The number of fused-ring (bicyclic) bond motifs is 5. The average molecular weight is 373 g/mol. The normalized spacial score (nSPS) is 30.0. The minimum atomic E-state index is -0.663. The van der Waals surface area contributed by atoms with E-state index in [0.717, 1.165) is 6.42 Å². The van der Waals surface area contributed by atoms with E-state index in [4.69, 9.17) is 11.6 Å². The van der Waals surface area contributed by atoms with Crippen LogP contribution in [-0.4, -0.2) is 41.6 Å². The number of allylic oxidation sites excluding steroid dienone is 2. The fraction of sp³-hybridized carbons (Fsp3) is 0.450. The number of likely N-dealkylation sites (tertiary alicyclic amines) is 1. The van der Waals surface area contributed by atoms with Gasteiger partial charge in [0.05, 0.1) is 24.3 Å². The van der Waals surface area contributed by atoms with Crippen LogP contribution in [0.1, 0.15) is 24.4 Å². The largest absolute Gasteiger partial charge is 0.349 e. The highest BCUT2D eigenvalue weighted by Gasteiger charge is 2.60. The second kappa shape index (κ2) is 6.23. The van der Waals surface area contributed by atoms with Gasteiger partial charge >= 0.3 is 0 Å². The highest BCUT2D eigenvalue weighted by Crippen LogP contribution is 2.54. The van der Waals surface area contributed by atoms with Crippen molar-refractivity contribution in [3.63, 3.8) is 0 Å². The van der Waals surface area contributed by atoms with Crippen LogP contribution < -0.4 is 0 Å². The number of halogens is 1. The summed E-state index contributed by atoms with van der Waals surface area (Å²) in [5.74, 6) is -0.741. The molecule has 1 aliphatic heterocycles. The number of amides is 3. The van der Waals surface area contributed by atoms with Gasteiger partial charge in [0.15, 0.2) is 0 Å². The van der Waals surface area contributed by atoms with Crippen molar-refractivity contribution < 1.29 is 14.4 Å². The van der Waals surface area contributed by atoms with Gasteiger partial charge in [0.2, 0.25) is 17.7 Å². The molecule has 0 radical (unpaired) electrons. The Labute approximate surface area is 157 Å². The Morgan fingerprint density at radius 3 is 2.27 bits per heavy atom. The first-order chi connectivity index (χ1) is 12.4. The number of carbonyl (C=O) groups excluding carboxylic acids is 3. The van der Waals surface area contributed by atoms with E-state index in [1.54, 1.807) is 32.3 Å². The van der Waals surface area contributed by atoms with E-state index < -0.39 is 6.04 Å². The molecule has 3 amide bonds. The monoisotopic (exact) mass is 372 g/mol. The first-order valence-electron chi connectivity index (χ1n) is 8.90. The average Bonchev–Trinajstić information content (AvgIpc) is 3.28. The molecule has 0 N–H and O–H groups in total. The molecule has 2 bridgehead atoms. The van der Waals surface area contributed by atoms with Crippen molar-refractivity contribution in [2.45, 2.75) is 18.9 Å². The maximum atomic E-state index is 13.2. The van der Waals surface area contributed by atoms with E-state index in [1.807, 2.05) is 6.07 Å². The van der Waals surface area contributed by atoms with Crippen LogP contribution in [0.5, 0.6) is 0 Å². The van der Waals surface area contributed by atoms with Gasteiger partial charge in [-0.15, -0.1) is 0 Å². The second-order valence-corrected chi connectivity index (χ2v) is 7.98. The summed E-state index contributed by atoms with van der Waals surface area (Å²) >= 11 is 6.36. The van der Waals surface area contributed by atoms with Crippen molar-refractivity contribution in [2.24, 2.45) is 23.7 Å². The Balaban J connectivity index is 1.73. The van der Waals surface area contributed by atoms with E-state index >= 15 is 0 Å². The van der Waals surface area contributed by atoms with Crippen LogP contribution in [0, 0.1) is 23.7 Å². The van der Waals surface area contributed by atoms with Crippen molar-refractivity contribution in [1.29, 1.82) is 0 Å². The highest BCUT2D eigenvalue weighted by atomic mass is 35.5. The lowest BCUT2D eigenvalue weighted by atomic mass is 9.85. The number of hydrogen-bond donors (Lipinski definition) is 0. The number of benzene rings is 1. The third kappa shape index (κ3) is 2.49. The fourth-order valence-electron chi connectivity index (χ4n) is 4.67. The molecule has 2 aliphatic carbocycles. The van der Waals surface area contributed by atoms with Gasteiger partial charge < -0.3 is 4.90 Å². The zero-order chi connectivity index (χ0) is 18.6. The molecule has 1 saturated heterocycles. The van der Waals surface area contributed by atoms with Gasteiger partial charge in [-0.1, -0.05) is 42.0 Å². The summed E-state index contributed by atoms with van der Waals surface area (Å²) in [6.07, 6.45) is 5.05. The molecule has 1 saturated carbocycles. The lowest BCUT2D eigenvalue weighted by Gasteiger charge is -2.29. The molecule has 5 atom stereocenters. The molecular weight excluding hydrogens is 352 g/mol. The lowest BCUT2D eigenvalue weighted by Crippen LogP contribution is -2.39. The zero-order valence-corrected chi connectivity index (χ0v) is 15.5. The van der Waals surface area contributed by atoms with Crippen molar-refractivity contribution in [3.05, 3.63) is 47.0 Å². The smallest absolute Gasteiger partial charge is 0.234 e. The molecule has 0 aromatic heterocycles. The number of hydrogen-bond acceptors (Lipinski definition) is 3. The lowest BCUT2D eigenvalue weighted by molar-refractivity contribution is -0.145. The maximum absolute atomic E-state index is 13.2. The van der Waals surface area contributed by atoms with E-state index in [-0.39, 0.29) is 47.8 Å². The molecule has 1 heterocycles. The summed E-state index contributed by atoms with van der Waals surface area (Å²) in [5, 5.41) is 0.461. The van der Waals surface area contributed by atoms with Gasteiger partial charge in [-0.2, -0.15) is 0 Å². The Hall–Kier alpha value is -2.14. The topological polar surface area (TPSA) is 57.7 Å². The summed E-state index contributed by atoms with van der Waals surface area (Å²) in [4.78, 5) is 41.5. The number of rotatable bonds is 4. The van der Waals surface area contributed by atoms with Crippen molar-refractivity contribution in [2.75, 3.05) is 14.1 Å². The molecule has 26 heavy (non-hydrogen) atoms. The molecule has 3 aliphatic rings. The first-order valence-corrected chi connectivity index (χ1v) is 9.27. The van der Waals surface area contributed by atoms with Crippen LogP contribution in [0.25, 0.3) is 0 Å². The first kappa shape index (κ1) is 17.3. The standard InChI is InChI=1S/C20H21ClN2O3/c1-22(2)16(24)10-15(13-5-3-4-6-14(13)21)23-19(25)17-11-7-8-12(9-11)18(17)20(23)26/h3-8,11-12,15,17-18H,9-10H2,1-2H3. The Bertz CT molecular complexity index is 789. The Kier molecular flexibility index (Phi) is 4.14. The predicted molar refractivity (Wildman–Crippen MR) is 97.1 cm³/mol. The summed E-state index contributed by atoms with van der Waals surface area (Å²) in [6.45, 7) is 0. The zero-order valence-electron chi connectivity index (χ0n) is 14.8. The summed E-state index contributed by atoms with van der Waals surface area (Å²) in [7, 11) is 3.33. The van der Waals surface area contributed by atoms with E-state index in [2.05, 4.69) is 12.2 Å². The molecule has 4 rings (SSSR count). The summed E-state index contributed by atoms with van der Waals surface area (Å²) in [6, 6.07) is 6.45. The SMILES string of the molecule is CN(C)C(=O)CC(c1ccccc1Cl)N1C(=O)C2C3C=CC(C3)C2C1=O. The molecule has 0 spiro atoms. The van der Waals surface area contributed by atoms with Crippen molar-refractivity contribution in [1.82, 2.24) is 9.80 Å². The highest BCUT2D eigenvalue weighted by molar-refractivity contribution is 6.31. The van der Waals surface area contributed by atoms with Crippen molar-refractivity contribution >= 4 is 29.3 Å². The molecule has 5 unspecified atom stereocenters. The Morgan fingerprint density at radius 2 is 1.73 bits per heavy atom. The quantitative estimate of drug-likeness (QED) is 0.603. The molecule has 1 aromatic carbocycles. The van der Waals surface area contributed by atoms with Gasteiger partial charge in [-0.25, -0.2) is 0 Å². The van der Waals surface area contributed by atoms with Crippen LogP contribution >= 0.6 is 11.6 Å². The van der Waals surface area contributed by atoms with Crippen LogP contribution in [-0.2, 0) is 14.4 Å². The second-order valence-electron chi connectivity index (χ2n) is 7.58. The van der Waals surface area contributed by atoms with Crippen LogP contribution in [0.2, 0.25) is 5.02 Å². The minimum absolute atomic E-state index is 0.0381. The minimum Gasteiger partial charge on any atom is -0.349 e. The third-order valence-electron chi connectivity index (χ3n) is 5.95. The predicted octanol–water partition coefficient (Wildman–Crippen LogP) is 2.67. The van der Waals surface area contributed by atoms with Gasteiger partial charge in [0.1, 0.15) is 0 Å². The third-order valence-corrected chi connectivity index (χ3v) is 6.29. The molecular formula is C20H21ClN2O3. The van der Waals surface area contributed by atoms with E-state index in [0.29, 0.717) is 10.6 Å². The van der Waals surface area contributed by atoms with E-state index in [1.165, 1.54) is 9.80 Å². The summed E-state index contributed by atoms with van der Waals surface area (Å²) in [5.41, 5.74) is 0.645. The number of carbonyl (C=O) groups is 3. The Morgan fingerprint density at radius 1 is 1.15 bits per heavy atom. The van der Waals surface area contributed by atoms with Crippen LogP contribution in [0.3, 0.4) is 0 Å². The van der Waals surface area contributed by atoms with Crippen molar-refractivity contribution in [3.8, 4) is 0 Å².